The number of carbonyl (C=O) groups is 2. The van der Waals surface area contributed by atoms with E-state index in [0.29, 0.717) is 11.5 Å². The summed E-state index contributed by atoms with van der Waals surface area (Å²) < 4.78 is 0. The molecule has 0 bridgehead atoms. The van der Waals surface area contributed by atoms with Crippen molar-refractivity contribution in [2.24, 2.45) is 5.92 Å². The molecule has 0 spiro atoms. The van der Waals surface area contributed by atoms with Gasteiger partial charge in [0.05, 0.1) is 0 Å². The van der Waals surface area contributed by atoms with Crippen LogP contribution in [0.1, 0.15) is 42.3 Å². The maximum atomic E-state index is 11.2. The van der Waals surface area contributed by atoms with Gasteiger partial charge < -0.3 is 0 Å². The van der Waals surface area contributed by atoms with Crippen molar-refractivity contribution in [3.63, 3.8) is 0 Å². The summed E-state index contributed by atoms with van der Waals surface area (Å²) in [5.41, 5.74) is 4.31. The fourth-order valence-corrected chi connectivity index (χ4v) is 1.74. The van der Waals surface area contributed by atoms with Crippen LogP contribution in [0.25, 0.3) is 5.57 Å². The molecule has 0 fully saturated rings. The van der Waals surface area contributed by atoms with Crippen LogP contribution in [0.5, 0.6) is 0 Å². The smallest absolute Gasteiger partial charge is 0.150 e. The molecule has 0 unspecified atom stereocenters. The first-order valence-corrected chi connectivity index (χ1v) is 5.73. The molecule has 0 radical (unpaired) electrons. The molecule has 2 heteroatoms. The monoisotopic (exact) mass is 230 g/mol. The summed E-state index contributed by atoms with van der Waals surface area (Å²) in [6, 6.07) is 5.39. The lowest BCUT2D eigenvalue weighted by molar-refractivity contribution is -0.103. The fourth-order valence-electron chi connectivity index (χ4n) is 1.74. The highest BCUT2D eigenvalue weighted by molar-refractivity contribution is 6.08. The predicted octanol–water partition coefficient (Wildman–Crippen LogP) is 3.44. The van der Waals surface area contributed by atoms with Gasteiger partial charge in [-0.05, 0) is 37.0 Å². The van der Waals surface area contributed by atoms with Gasteiger partial charge in [0.2, 0.25) is 0 Å². The number of hydrogen-bond acceptors (Lipinski definition) is 2. The molecule has 0 atom stereocenters. The van der Waals surface area contributed by atoms with Gasteiger partial charge in [-0.25, -0.2) is 0 Å². The standard InChI is InChI=1S/C15H18O2/c1-10(2)12(4)15(9-17)14-6-5-13(8-16)7-11(14)3/h5-10H,1-4H3/b15-12+. The molecule has 1 rings (SSSR count). The largest absolute Gasteiger partial charge is 0.298 e. The minimum absolute atomic E-state index is 0.334. The Morgan fingerprint density at radius 3 is 2.29 bits per heavy atom. The molecule has 0 aliphatic carbocycles. The molecule has 1 aromatic carbocycles. The minimum Gasteiger partial charge on any atom is -0.298 e. The van der Waals surface area contributed by atoms with E-state index in [9.17, 15) is 9.59 Å². The van der Waals surface area contributed by atoms with Gasteiger partial charge >= 0.3 is 0 Å². The zero-order chi connectivity index (χ0) is 13.0. The fraction of sp³-hybridized carbons (Fsp3) is 0.333. The Labute approximate surface area is 102 Å². The van der Waals surface area contributed by atoms with Crippen molar-refractivity contribution in [2.75, 3.05) is 0 Å². The topological polar surface area (TPSA) is 34.1 Å². The van der Waals surface area contributed by atoms with Gasteiger partial charge in [-0.3, -0.25) is 9.59 Å². The zero-order valence-corrected chi connectivity index (χ0v) is 10.8. The number of benzene rings is 1. The van der Waals surface area contributed by atoms with E-state index >= 15 is 0 Å². The molecule has 90 valence electrons. The summed E-state index contributed by atoms with van der Waals surface area (Å²) in [7, 11) is 0. The summed E-state index contributed by atoms with van der Waals surface area (Å²) in [6.07, 6.45) is 1.72. The Bertz CT molecular complexity index is 468. The first-order chi connectivity index (χ1) is 8.01. The normalized spacial score (nSPS) is 12.3. The van der Waals surface area contributed by atoms with Crippen molar-refractivity contribution >= 4 is 18.1 Å². The summed E-state index contributed by atoms with van der Waals surface area (Å²) in [5, 5.41) is 0. The van der Waals surface area contributed by atoms with Crippen LogP contribution in [0.4, 0.5) is 0 Å². The van der Waals surface area contributed by atoms with Crippen LogP contribution in [0.15, 0.2) is 23.8 Å². The first kappa shape index (κ1) is 13.4. The molecular weight excluding hydrogens is 212 g/mol. The zero-order valence-electron chi connectivity index (χ0n) is 10.8. The van der Waals surface area contributed by atoms with E-state index in [-0.39, 0.29) is 0 Å². The van der Waals surface area contributed by atoms with E-state index in [1.807, 2.05) is 19.9 Å². The predicted molar refractivity (Wildman–Crippen MR) is 70.1 cm³/mol. The molecular formula is C15H18O2. The van der Waals surface area contributed by atoms with Crippen LogP contribution in [0.3, 0.4) is 0 Å². The Kier molecular flexibility index (Phi) is 4.38. The van der Waals surface area contributed by atoms with E-state index in [2.05, 4.69) is 13.8 Å². The maximum absolute atomic E-state index is 11.2. The van der Waals surface area contributed by atoms with Crippen molar-refractivity contribution in [3.8, 4) is 0 Å². The third kappa shape index (κ3) is 2.90. The Morgan fingerprint density at radius 1 is 1.24 bits per heavy atom. The second-order valence-corrected chi connectivity index (χ2v) is 4.56. The molecule has 0 aromatic heterocycles. The first-order valence-electron chi connectivity index (χ1n) is 5.73. The molecule has 0 saturated heterocycles. The second-order valence-electron chi connectivity index (χ2n) is 4.56. The number of aldehydes is 2. The summed E-state index contributed by atoms with van der Waals surface area (Å²) in [5.74, 6) is 0.334. The van der Waals surface area contributed by atoms with Gasteiger partial charge in [0.15, 0.2) is 6.29 Å². The number of aryl methyl sites for hydroxylation is 1. The highest BCUT2D eigenvalue weighted by Crippen LogP contribution is 2.25. The quantitative estimate of drug-likeness (QED) is 0.586. The van der Waals surface area contributed by atoms with Crippen LogP contribution in [0, 0.1) is 12.8 Å². The lowest BCUT2D eigenvalue weighted by Crippen LogP contribution is -1.99. The summed E-state index contributed by atoms with van der Waals surface area (Å²) in [6.45, 7) is 8.02. The van der Waals surface area contributed by atoms with E-state index in [1.165, 1.54) is 0 Å². The van der Waals surface area contributed by atoms with Crippen LogP contribution in [0.2, 0.25) is 0 Å². The van der Waals surface area contributed by atoms with Crippen LogP contribution >= 0.6 is 0 Å². The van der Waals surface area contributed by atoms with E-state index in [0.717, 1.165) is 34.8 Å². The van der Waals surface area contributed by atoms with E-state index in [4.69, 9.17) is 0 Å². The van der Waals surface area contributed by atoms with Crippen LogP contribution in [-0.4, -0.2) is 12.6 Å². The number of hydrogen-bond donors (Lipinski definition) is 0. The molecule has 2 nitrogen and oxygen atoms in total. The molecule has 0 amide bonds. The SMILES string of the molecule is C/C(=C(/C=O)c1ccc(C=O)cc1C)C(C)C. The molecule has 0 aliphatic heterocycles. The van der Waals surface area contributed by atoms with E-state index < -0.39 is 0 Å². The lowest BCUT2D eigenvalue weighted by atomic mass is 9.91. The molecule has 1 aromatic rings. The highest BCUT2D eigenvalue weighted by Gasteiger charge is 2.10. The van der Waals surface area contributed by atoms with Crippen molar-refractivity contribution in [1.29, 1.82) is 0 Å². The Hall–Kier alpha value is -1.70. The molecule has 17 heavy (non-hydrogen) atoms. The number of carbonyl (C=O) groups excluding carboxylic acids is 2. The van der Waals surface area contributed by atoms with Crippen LogP contribution < -0.4 is 0 Å². The van der Waals surface area contributed by atoms with Gasteiger partial charge in [0.25, 0.3) is 0 Å². The molecule has 0 N–H and O–H groups in total. The minimum atomic E-state index is 0.334. The van der Waals surface area contributed by atoms with Gasteiger partial charge in [-0.15, -0.1) is 0 Å². The van der Waals surface area contributed by atoms with Gasteiger partial charge in [0.1, 0.15) is 6.29 Å². The second kappa shape index (κ2) is 5.58. The van der Waals surface area contributed by atoms with Gasteiger partial charge in [-0.1, -0.05) is 31.6 Å². The third-order valence-electron chi connectivity index (χ3n) is 3.09. The molecule has 0 aliphatic rings. The maximum Gasteiger partial charge on any atom is 0.150 e. The van der Waals surface area contributed by atoms with E-state index in [1.54, 1.807) is 12.1 Å². The number of allylic oxidation sites excluding steroid dienone is 2. The van der Waals surface area contributed by atoms with Crippen molar-refractivity contribution in [3.05, 3.63) is 40.5 Å². The highest BCUT2D eigenvalue weighted by atomic mass is 16.1. The van der Waals surface area contributed by atoms with Crippen LogP contribution in [-0.2, 0) is 4.79 Å². The van der Waals surface area contributed by atoms with Crippen molar-refractivity contribution in [1.82, 2.24) is 0 Å². The Morgan fingerprint density at radius 2 is 1.88 bits per heavy atom. The number of rotatable bonds is 4. The average Bonchev–Trinajstić information content (AvgIpc) is 2.31. The Balaban J connectivity index is 3.36. The van der Waals surface area contributed by atoms with Crippen molar-refractivity contribution in [2.45, 2.75) is 27.7 Å². The third-order valence-corrected chi connectivity index (χ3v) is 3.09. The van der Waals surface area contributed by atoms with Gasteiger partial charge in [-0.2, -0.15) is 0 Å². The van der Waals surface area contributed by atoms with Crippen molar-refractivity contribution < 1.29 is 9.59 Å². The summed E-state index contributed by atoms with van der Waals surface area (Å²) in [4.78, 5) is 21.9. The molecule has 0 saturated carbocycles. The lowest BCUT2D eigenvalue weighted by Gasteiger charge is -2.12. The molecule has 0 heterocycles. The summed E-state index contributed by atoms with van der Waals surface area (Å²) >= 11 is 0. The average molecular weight is 230 g/mol. The van der Waals surface area contributed by atoms with Gasteiger partial charge in [0, 0.05) is 11.1 Å².